The van der Waals surface area contributed by atoms with Crippen molar-refractivity contribution in [3.05, 3.63) is 0 Å². The van der Waals surface area contributed by atoms with Crippen molar-refractivity contribution in [2.24, 2.45) is 0 Å². The third kappa shape index (κ3) is 1250. The summed E-state index contributed by atoms with van der Waals surface area (Å²) in [4.78, 5) is 86.2. The van der Waals surface area contributed by atoms with Gasteiger partial charge in [-0.25, -0.2) is 18.3 Å². The first kappa shape index (κ1) is 50.8. The van der Waals surface area contributed by atoms with Crippen LogP contribution in [0.5, 0.6) is 0 Å². The molecule has 0 aliphatic heterocycles. The zero-order chi connectivity index (χ0) is 18.0. The first-order valence-corrected chi connectivity index (χ1v) is 9.39. The minimum atomic E-state index is -4.64. The summed E-state index contributed by atoms with van der Waals surface area (Å²) in [6, 6.07) is 0. The molecule has 0 fully saturated rings. The fraction of sp³-hybridized carbons (Fsp3) is 0. The Morgan fingerprint density at radius 3 is 0.292 bits per heavy atom. The molecule has 12 N–H and O–H groups in total. The lowest BCUT2D eigenvalue weighted by Crippen LogP contribution is -1.66. The zero-order valence-corrected chi connectivity index (χ0v) is 12.4. The van der Waals surface area contributed by atoms with E-state index < -0.39 is 31.3 Å². The molecule has 0 amide bonds. The van der Waals surface area contributed by atoms with E-state index in [0.717, 1.165) is 0 Å². The van der Waals surface area contributed by atoms with Gasteiger partial charge in [0, 0.05) is 0 Å². The highest BCUT2D eigenvalue weighted by Crippen LogP contribution is 2.27. The van der Waals surface area contributed by atoms with E-state index in [-0.39, 0.29) is 92.2 Å². The highest BCUT2D eigenvalue weighted by molar-refractivity contribution is 7.45. The van der Waals surface area contributed by atoms with Crippen molar-refractivity contribution in [1.82, 2.24) is 0 Å². The van der Waals surface area contributed by atoms with Gasteiger partial charge in [0.1, 0.15) is 0 Å². The Morgan fingerprint density at radius 2 is 0.292 bits per heavy atom. The van der Waals surface area contributed by atoms with Crippen molar-refractivity contribution in [1.29, 1.82) is 0 Å². The standard InChI is InChI=1S/4Mg.4H3O4P.8H/c;;;;4*1-5(2,3)4;;;;;;;;/h;;;;4*(H3,1,2,3,4);;;;;;;;. The smallest absolute Gasteiger partial charge is 0.303 e. The van der Waals surface area contributed by atoms with Gasteiger partial charge in [0.2, 0.25) is 0 Å². The quantitative estimate of drug-likeness (QED) is 0.109. The van der Waals surface area contributed by atoms with E-state index >= 15 is 0 Å². The van der Waals surface area contributed by atoms with E-state index in [1.165, 1.54) is 0 Å². The SMILES string of the molecule is O=P(O)(O)O.O=P(O)(O)O.O=P(O)(O)O.O=P(O)(O)O.[MgH2].[MgH2].[MgH2].[MgH2]. The molecule has 0 saturated carbocycles. The Morgan fingerprint density at radius 1 is 0.292 bits per heavy atom. The van der Waals surface area contributed by atoms with Gasteiger partial charge in [-0.1, -0.05) is 0 Å². The molecule has 24 heavy (non-hydrogen) atoms. The minimum absolute atomic E-state index is 0. The maximum atomic E-state index is 8.88. The van der Waals surface area contributed by atoms with Gasteiger partial charge in [0.25, 0.3) is 0 Å². The second-order valence-corrected chi connectivity index (χ2v) is 6.16. The highest BCUT2D eigenvalue weighted by atomic mass is 31.2. The minimum Gasteiger partial charge on any atom is -0.303 e. The van der Waals surface area contributed by atoms with Crippen LogP contribution in [0, 0.1) is 0 Å². The number of hydrogen-bond donors (Lipinski definition) is 12. The lowest BCUT2D eigenvalue weighted by Gasteiger charge is -1.82. The Bertz CT molecular complexity index is 295. The first-order valence-electron chi connectivity index (χ1n) is 3.13. The molecule has 0 heterocycles. The first-order chi connectivity index (χ1) is 8.00. The largest absolute Gasteiger partial charge is 0.466 e. The van der Waals surface area contributed by atoms with Crippen LogP contribution in [-0.2, 0) is 18.3 Å². The van der Waals surface area contributed by atoms with Crippen LogP contribution in [0.25, 0.3) is 0 Å². The average Bonchev–Trinajstić information content (AvgIpc) is 1.62. The van der Waals surface area contributed by atoms with E-state index in [1.807, 2.05) is 0 Å². The van der Waals surface area contributed by atoms with Crippen molar-refractivity contribution in [3.8, 4) is 0 Å². The van der Waals surface area contributed by atoms with Crippen molar-refractivity contribution >= 4 is 124 Å². The lowest BCUT2D eigenvalue weighted by molar-refractivity contribution is 0.272. The van der Waals surface area contributed by atoms with Gasteiger partial charge in [-0.15, -0.1) is 0 Å². The molecule has 0 atom stereocenters. The van der Waals surface area contributed by atoms with Crippen LogP contribution in [0.4, 0.5) is 0 Å². The summed E-state index contributed by atoms with van der Waals surface area (Å²) < 4.78 is 35.5. The van der Waals surface area contributed by atoms with Crippen molar-refractivity contribution < 1.29 is 77.0 Å². The lowest BCUT2D eigenvalue weighted by atomic mass is 15.8. The molecule has 0 aliphatic carbocycles. The topological polar surface area (TPSA) is 311 Å². The van der Waals surface area contributed by atoms with Gasteiger partial charge in [-0.05, 0) is 0 Å². The molecular formula is H20Mg4O16P4. The molecule has 0 aromatic heterocycles. The second-order valence-electron chi connectivity index (χ2n) is 2.05. The molecule has 0 radical (unpaired) electrons. The van der Waals surface area contributed by atoms with Gasteiger partial charge in [-0.3, -0.25) is 0 Å². The van der Waals surface area contributed by atoms with E-state index in [9.17, 15) is 0 Å². The predicted octanol–water partition coefficient (Wildman–Crippen LogP) is -7.38. The Hall–Kier alpha value is 3.50. The van der Waals surface area contributed by atoms with E-state index in [0.29, 0.717) is 0 Å². The Balaban J connectivity index is -0.0000000225. The van der Waals surface area contributed by atoms with Gasteiger partial charge in [-0.2, -0.15) is 0 Å². The molecule has 24 heteroatoms. The van der Waals surface area contributed by atoms with Crippen molar-refractivity contribution in [2.45, 2.75) is 0 Å². The molecular weight excluding hydrogens is 477 g/mol. The molecule has 0 rings (SSSR count). The number of phosphoric acid groups is 4. The summed E-state index contributed by atoms with van der Waals surface area (Å²) in [6.45, 7) is 0. The molecule has 0 aliphatic rings. The predicted molar refractivity (Wildman–Crippen MR) is 91.2 cm³/mol. The van der Waals surface area contributed by atoms with Gasteiger partial charge in [0.05, 0.1) is 0 Å². The fourth-order valence-electron chi connectivity index (χ4n) is 0. The van der Waals surface area contributed by atoms with Crippen LogP contribution < -0.4 is 0 Å². The molecule has 0 saturated heterocycles. The molecule has 0 aromatic carbocycles. The van der Waals surface area contributed by atoms with Crippen LogP contribution in [-0.4, -0.2) is 151 Å². The number of hydrogen-bond acceptors (Lipinski definition) is 4. The Kier molecular flexibility index (Phi) is 48.2. The molecule has 0 bridgehead atoms. The van der Waals surface area contributed by atoms with Crippen molar-refractivity contribution in [3.63, 3.8) is 0 Å². The van der Waals surface area contributed by atoms with Gasteiger partial charge < -0.3 is 58.7 Å². The highest BCUT2D eigenvalue weighted by Gasteiger charge is 2.01. The maximum Gasteiger partial charge on any atom is 0.466 e. The molecule has 144 valence electrons. The monoisotopic (exact) mass is 496 g/mol. The van der Waals surface area contributed by atoms with Crippen LogP contribution >= 0.6 is 31.3 Å². The third-order valence-electron chi connectivity index (χ3n) is 0. The summed E-state index contributed by atoms with van der Waals surface area (Å²) in [5, 5.41) is 0. The summed E-state index contributed by atoms with van der Waals surface area (Å²) in [5.74, 6) is 0. The van der Waals surface area contributed by atoms with Crippen LogP contribution in [0.3, 0.4) is 0 Å². The zero-order valence-electron chi connectivity index (χ0n) is 8.79. The molecule has 0 spiro atoms. The normalized spacial score (nSPS) is 9.83. The maximum absolute atomic E-state index is 8.88. The molecule has 0 aromatic rings. The summed E-state index contributed by atoms with van der Waals surface area (Å²) in [5.41, 5.74) is 0. The fourth-order valence-corrected chi connectivity index (χ4v) is 0. The van der Waals surface area contributed by atoms with E-state index in [4.69, 9.17) is 77.0 Å². The van der Waals surface area contributed by atoms with E-state index in [1.54, 1.807) is 0 Å². The van der Waals surface area contributed by atoms with Crippen LogP contribution in [0.1, 0.15) is 0 Å². The van der Waals surface area contributed by atoms with Gasteiger partial charge in [0.15, 0.2) is 0 Å². The average molecular weight is 497 g/mol. The van der Waals surface area contributed by atoms with E-state index in [2.05, 4.69) is 0 Å². The molecule has 0 unspecified atom stereocenters. The van der Waals surface area contributed by atoms with Crippen LogP contribution in [0.2, 0.25) is 0 Å². The van der Waals surface area contributed by atoms with Crippen molar-refractivity contribution in [2.75, 3.05) is 0 Å². The second kappa shape index (κ2) is 22.8. The summed E-state index contributed by atoms with van der Waals surface area (Å²) in [7, 11) is -18.6. The third-order valence-corrected chi connectivity index (χ3v) is 0. The Labute approximate surface area is 198 Å². The molecule has 16 nitrogen and oxygen atoms in total. The van der Waals surface area contributed by atoms with Crippen LogP contribution in [0.15, 0.2) is 0 Å². The summed E-state index contributed by atoms with van der Waals surface area (Å²) in [6.07, 6.45) is 0. The number of rotatable bonds is 0. The van der Waals surface area contributed by atoms with Gasteiger partial charge >= 0.3 is 124 Å². The summed E-state index contributed by atoms with van der Waals surface area (Å²) >= 11 is 0.